The van der Waals surface area contributed by atoms with Crippen molar-refractivity contribution in [1.82, 2.24) is 4.98 Å². The molecule has 3 heterocycles. The van der Waals surface area contributed by atoms with Gasteiger partial charge in [-0.1, -0.05) is 29.5 Å². The average molecular weight is 593 g/mol. The van der Waals surface area contributed by atoms with Crippen LogP contribution >= 0.6 is 11.3 Å². The number of benzene rings is 2. The Hall–Kier alpha value is -4.84. The number of hydrogen-bond acceptors (Lipinski definition) is 11. The van der Waals surface area contributed by atoms with Crippen molar-refractivity contribution in [2.75, 3.05) is 32.3 Å². The molecule has 2 aromatic carbocycles. The molecule has 218 valence electrons. The molecule has 0 radical (unpaired) electrons. The van der Waals surface area contributed by atoms with E-state index in [-0.39, 0.29) is 21.3 Å². The third-order valence-corrected chi connectivity index (χ3v) is 7.79. The Bertz CT molecular complexity index is 1740. The number of carbonyl (C=O) groups is 3. The second-order valence-electron chi connectivity index (χ2n) is 9.13. The molecule has 1 aliphatic rings. The van der Waals surface area contributed by atoms with Crippen LogP contribution in [0, 0.1) is 6.92 Å². The first-order chi connectivity index (χ1) is 20.2. The molecule has 42 heavy (non-hydrogen) atoms. The van der Waals surface area contributed by atoms with Crippen LogP contribution < -0.4 is 19.1 Å². The monoisotopic (exact) mass is 592 g/mol. The highest BCUT2D eigenvalue weighted by Crippen LogP contribution is 2.46. The van der Waals surface area contributed by atoms with Gasteiger partial charge in [0.1, 0.15) is 4.88 Å². The predicted molar refractivity (Wildman–Crippen MR) is 154 cm³/mol. The lowest BCUT2D eigenvalue weighted by atomic mass is 9.95. The topological polar surface area (TPSA) is 138 Å². The third-order valence-electron chi connectivity index (χ3n) is 6.65. The molecule has 1 unspecified atom stereocenters. The van der Waals surface area contributed by atoms with E-state index in [4.69, 9.17) is 23.4 Å². The Labute approximate surface area is 244 Å². The lowest BCUT2D eigenvalue weighted by molar-refractivity contribution is -0.117. The highest BCUT2D eigenvalue weighted by molar-refractivity contribution is 7.17. The van der Waals surface area contributed by atoms with Crippen LogP contribution in [0.15, 0.2) is 58.2 Å². The Morgan fingerprint density at radius 1 is 1.05 bits per heavy atom. The number of fused-ring (bicyclic) bond motifs is 1. The van der Waals surface area contributed by atoms with Crippen LogP contribution in [0.4, 0.5) is 5.13 Å². The molecule has 12 heteroatoms. The summed E-state index contributed by atoms with van der Waals surface area (Å²) in [6.07, 6.45) is 0. The number of furan rings is 1. The number of aryl methyl sites for hydroxylation is 1. The average Bonchev–Trinajstić information content (AvgIpc) is 3.67. The zero-order valence-electron chi connectivity index (χ0n) is 23.5. The fourth-order valence-corrected chi connectivity index (χ4v) is 5.81. The lowest BCUT2D eigenvalue weighted by Crippen LogP contribution is -2.31. The van der Waals surface area contributed by atoms with Crippen molar-refractivity contribution in [2.45, 2.75) is 26.8 Å². The fraction of sp³-hybridized carbons (Fsp3) is 0.267. The molecule has 5 rings (SSSR count). The number of hydrogen-bond donors (Lipinski definition) is 1. The Morgan fingerprint density at radius 3 is 2.48 bits per heavy atom. The maximum absolute atomic E-state index is 14.1. The second kappa shape index (κ2) is 11.6. The van der Waals surface area contributed by atoms with E-state index in [1.54, 1.807) is 43.3 Å². The number of aromatic nitrogens is 1. The van der Waals surface area contributed by atoms with Gasteiger partial charge in [0.25, 0.3) is 5.91 Å². The first kappa shape index (κ1) is 28.7. The minimum atomic E-state index is -1.15. The first-order valence-electron chi connectivity index (χ1n) is 13.1. The molecule has 11 nitrogen and oxygen atoms in total. The van der Waals surface area contributed by atoms with E-state index in [0.29, 0.717) is 52.7 Å². The maximum atomic E-state index is 14.1. The molecule has 0 bridgehead atoms. The predicted octanol–water partition coefficient (Wildman–Crippen LogP) is 5.57. The van der Waals surface area contributed by atoms with Crippen LogP contribution in [-0.2, 0) is 9.53 Å². The minimum Gasteiger partial charge on any atom is -0.503 e. The van der Waals surface area contributed by atoms with Gasteiger partial charge in [0.15, 0.2) is 39.5 Å². The normalized spacial score (nSPS) is 14.9. The zero-order chi connectivity index (χ0) is 30.1. The van der Waals surface area contributed by atoms with Crippen LogP contribution in [0.3, 0.4) is 0 Å². The minimum absolute atomic E-state index is 0.0929. The van der Waals surface area contributed by atoms with Crippen molar-refractivity contribution in [1.29, 1.82) is 0 Å². The SMILES string of the molecule is CCOc1ccc(C2C(C(=O)c3cc4cccc(OC)c4o3)=C(O)C(=O)N2c2nc(C)c(C(=O)OC)s2)cc1OCC. The summed E-state index contributed by atoms with van der Waals surface area (Å²) in [4.78, 5) is 45.9. The molecule has 1 amide bonds. The largest absolute Gasteiger partial charge is 0.503 e. The van der Waals surface area contributed by atoms with E-state index < -0.39 is 29.5 Å². The number of amides is 1. The van der Waals surface area contributed by atoms with Gasteiger partial charge in [-0.25, -0.2) is 9.78 Å². The maximum Gasteiger partial charge on any atom is 0.350 e. The lowest BCUT2D eigenvalue weighted by Gasteiger charge is -2.25. The number of ketones is 1. The summed E-state index contributed by atoms with van der Waals surface area (Å²) >= 11 is 0.912. The van der Waals surface area contributed by atoms with E-state index in [1.807, 2.05) is 13.8 Å². The standard InChI is InChI=1S/C30H28N2O9S/c1-6-39-18-12-11-16(13-20(18)40-7-2)23-22(24(33)21-14-17-9-8-10-19(37-4)26(17)41-21)25(34)28(35)32(23)30-31-15(3)27(42-30)29(36)38-5/h8-14,23,34H,6-7H2,1-5H3. The Kier molecular flexibility index (Phi) is 7.90. The van der Waals surface area contributed by atoms with Gasteiger partial charge in [-0.05, 0) is 50.6 Å². The number of anilines is 1. The molecule has 0 fully saturated rings. The molecule has 0 saturated heterocycles. The number of aliphatic hydroxyl groups is 1. The Balaban J connectivity index is 1.69. The van der Waals surface area contributed by atoms with Gasteiger partial charge in [-0.3, -0.25) is 14.5 Å². The molecular weight excluding hydrogens is 564 g/mol. The number of aliphatic hydroxyl groups excluding tert-OH is 1. The van der Waals surface area contributed by atoms with Crippen molar-refractivity contribution in [3.8, 4) is 17.2 Å². The van der Waals surface area contributed by atoms with Crippen LogP contribution in [0.25, 0.3) is 11.0 Å². The first-order valence-corrected chi connectivity index (χ1v) is 13.9. The fourth-order valence-electron chi connectivity index (χ4n) is 4.80. The van der Waals surface area contributed by atoms with E-state index in [0.717, 1.165) is 11.3 Å². The number of methoxy groups -OCH3 is 2. The van der Waals surface area contributed by atoms with Gasteiger partial charge in [0, 0.05) is 5.39 Å². The smallest absolute Gasteiger partial charge is 0.350 e. The van der Waals surface area contributed by atoms with Crippen molar-refractivity contribution in [2.24, 2.45) is 0 Å². The van der Waals surface area contributed by atoms with Crippen LogP contribution in [0.5, 0.6) is 17.2 Å². The molecule has 1 aliphatic heterocycles. The Morgan fingerprint density at radius 2 is 1.79 bits per heavy atom. The number of rotatable bonds is 10. The van der Waals surface area contributed by atoms with Crippen LogP contribution in [0.1, 0.15) is 51.4 Å². The zero-order valence-corrected chi connectivity index (χ0v) is 24.4. The van der Waals surface area contributed by atoms with Crippen molar-refractivity contribution >= 4 is 45.1 Å². The summed E-state index contributed by atoms with van der Waals surface area (Å²) in [5.74, 6) is -1.78. The molecule has 1 N–H and O–H groups in total. The number of carbonyl (C=O) groups excluding carboxylic acids is 3. The summed E-state index contributed by atoms with van der Waals surface area (Å²) in [7, 11) is 2.73. The summed E-state index contributed by atoms with van der Waals surface area (Å²) in [6.45, 7) is 5.98. The van der Waals surface area contributed by atoms with E-state index in [2.05, 4.69) is 4.98 Å². The van der Waals surface area contributed by atoms with E-state index in [1.165, 1.54) is 25.2 Å². The molecule has 4 aromatic rings. The van der Waals surface area contributed by atoms with Gasteiger partial charge >= 0.3 is 5.97 Å². The molecular formula is C30H28N2O9S. The summed E-state index contributed by atoms with van der Waals surface area (Å²) in [6, 6.07) is 10.6. The van der Waals surface area contributed by atoms with Crippen molar-refractivity contribution in [3.05, 3.63) is 75.7 Å². The van der Waals surface area contributed by atoms with Gasteiger partial charge in [-0.2, -0.15) is 0 Å². The van der Waals surface area contributed by atoms with E-state index in [9.17, 15) is 19.5 Å². The molecule has 2 aromatic heterocycles. The number of thiazole rings is 1. The molecule has 1 atom stereocenters. The third kappa shape index (κ3) is 4.83. The van der Waals surface area contributed by atoms with E-state index >= 15 is 0 Å². The van der Waals surface area contributed by atoms with Gasteiger partial charge in [-0.15, -0.1) is 0 Å². The van der Waals surface area contributed by atoms with Gasteiger partial charge in [0.05, 0.1) is 44.7 Å². The van der Waals surface area contributed by atoms with Crippen molar-refractivity contribution in [3.63, 3.8) is 0 Å². The van der Waals surface area contributed by atoms with Crippen molar-refractivity contribution < 1.29 is 42.9 Å². The highest BCUT2D eigenvalue weighted by Gasteiger charge is 2.47. The molecule has 0 aliphatic carbocycles. The van der Waals surface area contributed by atoms with Crippen LogP contribution in [0.2, 0.25) is 0 Å². The highest BCUT2D eigenvalue weighted by atomic mass is 32.1. The molecule has 0 spiro atoms. The number of para-hydroxylation sites is 1. The second-order valence-corrected chi connectivity index (χ2v) is 10.1. The summed E-state index contributed by atoms with van der Waals surface area (Å²) in [5.41, 5.74) is 0.888. The number of ether oxygens (including phenoxy) is 4. The number of nitrogens with zero attached hydrogens (tertiary/aromatic N) is 2. The van der Waals surface area contributed by atoms with Crippen LogP contribution in [-0.4, -0.2) is 55.2 Å². The number of Topliss-reactive ketones (excluding diaryl/α,β-unsaturated/α-hetero) is 1. The molecule has 0 saturated carbocycles. The number of esters is 1. The van der Waals surface area contributed by atoms with Gasteiger partial charge in [0.2, 0.25) is 5.78 Å². The van der Waals surface area contributed by atoms with Gasteiger partial charge < -0.3 is 28.5 Å². The summed E-state index contributed by atoms with van der Waals surface area (Å²) in [5, 5.41) is 11.9. The summed E-state index contributed by atoms with van der Waals surface area (Å²) < 4.78 is 27.6. The quantitative estimate of drug-likeness (QED) is 0.184.